The Hall–Kier alpha value is -1.14. The molecule has 1 fully saturated rings. The monoisotopic (exact) mass is 351 g/mol. The first-order valence-corrected chi connectivity index (χ1v) is 10.1. The number of aryl methyl sites for hydroxylation is 2. The van der Waals surface area contributed by atoms with Crippen LogP contribution in [0.3, 0.4) is 0 Å². The van der Waals surface area contributed by atoms with Crippen molar-refractivity contribution >= 4 is 17.3 Å². The van der Waals surface area contributed by atoms with Gasteiger partial charge in [0.05, 0.1) is 10.7 Å². The predicted molar refractivity (Wildman–Crippen MR) is 104 cm³/mol. The van der Waals surface area contributed by atoms with Gasteiger partial charge in [-0.25, -0.2) is 4.98 Å². The third-order valence-corrected chi connectivity index (χ3v) is 5.55. The summed E-state index contributed by atoms with van der Waals surface area (Å²) in [6.45, 7) is 13.9. The van der Waals surface area contributed by atoms with E-state index in [0.29, 0.717) is 6.04 Å². The van der Waals surface area contributed by atoms with Gasteiger partial charge in [0.25, 0.3) is 0 Å². The lowest BCUT2D eigenvalue weighted by Crippen LogP contribution is -2.48. The first-order chi connectivity index (χ1) is 11.6. The molecular weight excluding hydrogens is 318 g/mol. The van der Waals surface area contributed by atoms with Gasteiger partial charge in [0.15, 0.2) is 5.96 Å². The molecule has 6 heteroatoms. The van der Waals surface area contributed by atoms with Gasteiger partial charge in [-0.15, -0.1) is 11.3 Å². The second-order valence-electron chi connectivity index (χ2n) is 6.51. The van der Waals surface area contributed by atoms with Crippen LogP contribution >= 0.6 is 11.3 Å². The van der Waals surface area contributed by atoms with Crippen LogP contribution in [0.5, 0.6) is 0 Å². The topological polar surface area (TPSA) is 52.5 Å². The molecule has 1 saturated heterocycles. The fourth-order valence-electron chi connectivity index (χ4n) is 3.21. The van der Waals surface area contributed by atoms with Crippen molar-refractivity contribution in [1.82, 2.24) is 20.5 Å². The van der Waals surface area contributed by atoms with Crippen LogP contribution in [-0.2, 0) is 6.42 Å². The van der Waals surface area contributed by atoms with Crippen LogP contribution in [0.2, 0.25) is 0 Å². The summed E-state index contributed by atoms with van der Waals surface area (Å²) in [7, 11) is 0. The van der Waals surface area contributed by atoms with E-state index in [2.05, 4.69) is 48.2 Å². The number of piperidine rings is 1. The number of nitrogens with one attached hydrogen (secondary N) is 2. The number of hydrogen-bond acceptors (Lipinski definition) is 4. The Labute approximate surface area is 151 Å². The Morgan fingerprint density at radius 1 is 1.29 bits per heavy atom. The first kappa shape index (κ1) is 19.2. The van der Waals surface area contributed by atoms with Crippen LogP contribution in [0.4, 0.5) is 0 Å². The van der Waals surface area contributed by atoms with Crippen LogP contribution in [-0.4, -0.2) is 54.6 Å². The molecule has 0 atom stereocenters. The fourth-order valence-corrected chi connectivity index (χ4v) is 4.13. The van der Waals surface area contributed by atoms with E-state index in [1.165, 1.54) is 43.8 Å². The summed E-state index contributed by atoms with van der Waals surface area (Å²) in [5, 5.41) is 8.16. The van der Waals surface area contributed by atoms with Crippen molar-refractivity contribution in [1.29, 1.82) is 0 Å². The summed E-state index contributed by atoms with van der Waals surface area (Å²) in [5.41, 5.74) is 1.16. The van der Waals surface area contributed by atoms with Gasteiger partial charge in [0, 0.05) is 43.5 Å². The Bertz CT molecular complexity index is 517. The molecule has 0 amide bonds. The smallest absolute Gasteiger partial charge is 0.191 e. The van der Waals surface area contributed by atoms with Crippen molar-refractivity contribution < 1.29 is 0 Å². The molecule has 1 aromatic heterocycles. The van der Waals surface area contributed by atoms with Gasteiger partial charge in [0.1, 0.15) is 0 Å². The summed E-state index contributed by atoms with van der Waals surface area (Å²) in [6.07, 6.45) is 4.64. The summed E-state index contributed by atoms with van der Waals surface area (Å²) >= 11 is 1.79. The number of rotatable bonds is 7. The molecule has 2 N–H and O–H groups in total. The van der Waals surface area contributed by atoms with Gasteiger partial charge in [-0.1, -0.05) is 6.92 Å². The minimum atomic E-state index is 0.545. The molecule has 0 saturated carbocycles. The van der Waals surface area contributed by atoms with Gasteiger partial charge in [-0.05, 0) is 46.6 Å². The number of nitrogens with zero attached hydrogens (tertiary/aromatic N) is 3. The molecule has 1 aliphatic heterocycles. The maximum atomic E-state index is 4.77. The first-order valence-electron chi connectivity index (χ1n) is 9.32. The highest BCUT2D eigenvalue weighted by Gasteiger charge is 2.19. The van der Waals surface area contributed by atoms with Crippen LogP contribution < -0.4 is 10.6 Å². The lowest BCUT2D eigenvalue weighted by atomic mass is 10.1. The Balaban J connectivity index is 1.81. The maximum absolute atomic E-state index is 4.77. The van der Waals surface area contributed by atoms with E-state index in [0.717, 1.165) is 36.2 Å². The van der Waals surface area contributed by atoms with Gasteiger partial charge in [0.2, 0.25) is 0 Å². The standard InChI is InChI=1S/C18H33N5S/c1-5-11-23-12-8-16(9-13-23)22-18(19-6-2)20-10-7-17-14(3)21-15(4)24-17/h16H,5-13H2,1-4H3,(H2,19,20,22). The average molecular weight is 352 g/mol. The molecule has 0 spiro atoms. The van der Waals surface area contributed by atoms with Crippen molar-refractivity contribution in [3.05, 3.63) is 15.6 Å². The zero-order valence-electron chi connectivity index (χ0n) is 15.7. The van der Waals surface area contributed by atoms with Crippen molar-refractivity contribution in [2.24, 2.45) is 4.99 Å². The molecule has 0 aromatic carbocycles. The zero-order chi connectivity index (χ0) is 17.4. The number of aromatic nitrogens is 1. The van der Waals surface area contributed by atoms with E-state index in [1.807, 2.05) is 0 Å². The second kappa shape index (κ2) is 9.99. The molecule has 0 aliphatic carbocycles. The third kappa shape index (κ3) is 6.06. The second-order valence-corrected chi connectivity index (χ2v) is 7.80. The molecule has 1 aliphatic rings. The van der Waals surface area contributed by atoms with E-state index in [1.54, 1.807) is 11.3 Å². The van der Waals surface area contributed by atoms with Gasteiger partial charge in [-0.3, -0.25) is 4.99 Å². The van der Waals surface area contributed by atoms with E-state index in [4.69, 9.17) is 4.99 Å². The van der Waals surface area contributed by atoms with Crippen LogP contribution in [0.15, 0.2) is 4.99 Å². The van der Waals surface area contributed by atoms with Crippen molar-refractivity contribution in [3.8, 4) is 0 Å². The predicted octanol–water partition coefficient (Wildman–Crippen LogP) is 2.73. The lowest BCUT2D eigenvalue weighted by molar-refractivity contribution is 0.206. The van der Waals surface area contributed by atoms with Gasteiger partial charge in [-0.2, -0.15) is 0 Å². The van der Waals surface area contributed by atoms with Crippen molar-refractivity contribution in [3.63, 3.8) is 0 Å². The molecule has 0 radical (unpaired) electrons. The Kier molecular flexibility index (Phi) is 7.99. The van der Waals surface area contributed by atoms with E-state index in [9.17, 15) is 0 Å². The largest absolute Gasteiger partial charge is 0.357 e. The molecule has 136 valence electrons. The van der Waals surface area contributed by atoms with Gasteiger partial charge < -0.3 is 15.5 Å². The minimum absolute atomic E-state index is 0.545. The van der Waals surface area contributed by atoms with Crippen molar-refractivity contribution in [2.75, 3.05) is 32.7 Å². The van der Waals surface area contributed by atoms with E-state index < -0.39 is 0 Å². The van der Waals surface area contributed by atoms with Crippen LogP contribution in [0, 0.1) is 13.8 Å². The highest BCUT2D eigenvalue weighted by molar-refractivity contribution is 7.11. The molecule has 24 heavy (non-hydrogen) atoms. The summed E-state index contributed by atoms with van der Waals surface area (Å²) < 4.78 is 0. The molecule has 2 rings (SSSR count). The SMILES string of the molecule is CCCN1CCC(NC(=NCCc2sc(C)nc2C)NCC)CC1. The zero-order valence-corrected chi connectivity index (χ0v) is 16.5. The number of guanidine groups is 1. The Morgan fingerprint density at radius 3 is 2.62 bits per heavy atom. The normalized spacial score (nSPS) is 17.2. The quantitative estimate of drug-likeness (QED) is 0.586. The van der Waals surface area contributed by atoms with E-state index >= 15 is 0 Å². The maximum Gasteiger partial charge on any atom is 0.191 e. The summed E-state index contributed by atoms with van der Waals surface area (Å²) in [6, 6.07) is 0.545. The molecular formula is C18H33N5S. The number of aliphatic imine (C=N–C) groups is 1. The van der Waals surface area contributed by atoms with Gasteiger partial charge >= 0.3 is 0 Å². The van der Waals surface area contributed by atoms with Crippen LogP contribution in [0.25, 0.3) is 0 Å². The summed E-state index contributed by atoms with van der Waals surface area (Å²) in [5.74, 6) is 0.963. The number of thiazole rings is 1. The van der Waals surface area contributed by atoms with E-state index in [-0.39, 0.29) is 0 Å². The van der Waals surface area contributed by atoms with Crippen molar-refractivity contribution in [2.45, 2.75) is 59.4 Å². The number of likely N-dealkylation sites (tertiary alicyclic amines) is 1. The Morgan fingerprint density at radius 2 is 2.04 bits per heavy atom. The van der Waals surface area contributed by atoms with Crippen LogP contribution in [0.1, 0.15) is 48.7 Å². The number of hydrogen-bond donors (Lipinski definition) is 2. The molecule has 2 heterocycles. The molecule has 5 nitrogen and oxygen atoms in total. The highest BCUT2D eigenvalue weighted by atomic mass is 32.1. The fraction of sp³-hybridized carbons (Fsp3) is 0.778. The molecule has 0 unspecified atom stereocenters. The molecule has 1 aromatic rings. The average Bonchev–Trinajstić information content (AvgIpc) is 2.87. The summed E-state index contributed by atoms with van der Waals surface area (Å²) in [4.78, 5) is 13.2. The highest BCUT2D eigenvalue weighted by Crippen LogP contribution is 2.17. The minimum Gasteiger partial charge on any atom is -0.357 e. The lowest BCUT2D eigenvalue weighted by Gasteiger charge is -2.32. The third-order valence-electron chi connectivity index (χ3n) is 4.42. The molecule has 0 bridgehead atoms.